The Labute approximate surface area is 275 Å². The summed E-state index contributed by atoms with van der Waals surface area (Å²) in [5.41, 5.74) is 6.78. The second-order valence-electron chi connectivity index (χ2n) is 14.6. The van der Waals surface area contributed by atoms with Gasteiger partial charge in [-0.3, -0.25) is 14.4 Å². The Morgan fingerprint density at radius 1 is 1.11 bits per heavy atom. The molecule has 5 rings (SSSR count). The normalized spacial score (nSPS) is 32.1. The molecule has 5 N–H and O–H groups in total. The zero-order valence-corrected chi connectivity index (χ0v) is 28.1. The number of allylic oxidation sites excluding steroid dienone is 3. The molecule has 2 unspecified atom stereocenters. The number of benzene rings is 1. The van der Waals surface area contributed by atoms with Crippen LogP contribution in [-0.4, -0.2) is 48.1 Å². The van der Waals surface area contributed by atoms with Gasteiger partial charge in [-0.15, -0.1) is 0 Å². The third kappa shape index (κ3) is 7.27. The first-order valence-corrected chi connectivity index (χ1v) is 16.8. The number of hydrogen-bond donors (Lipinski definition) is 4. The van der Waals surface area contributed by atoms with E-state index < -0.39 is 35.7 Å². The smallest absolute Gasteiger partial charge is 0.323 e. The van der Waals surface area contributed by atoms with Crippen LogP contribution >= 0.6 is 23.2 Å². The molecule has 2 aliphatic carbocycles. The van der Waals surface area contributed by atoms with Crippen molar-refractivity contribution in [2.24, 2.45) is 34.8 Å². The molecule has 0 aromatic heterocycles. The van der Waals surface area contributed by atoms with Crippen LogP contribution in [0.2, 0.25) is 5.02 Å². The lowest BCUT2D eigenvalue weighted by molar-refractivity contribution is -0.153. The second-order valence-corrected chi connectivity index (χ2v) is 15.5. The predicted octanol–water partition coefficient (Wildman–Crippen LogP) is 5.29. The molecule has 11 heteroatoms. The van der Waals surface area contributed by atoms with Gasteiger partial charge in [0.25, 0.3) is 0 Å². The van der Waals surface area contributed by atoms with Crippen molar-refractivity contribution in [1.29, 1.82) is 0 Å². The SMILES string of the molecule is CC(C)[C@H](N)C(=O)OC1CCC(NC(=O)[C@@H]2N[C@H](CC(C)(C)C)C3C4=CC(Cl)=CC3[C@@H](C(=O)N4)[C@H]2c2cccc(Cl)c2F)CC1. The van der Waals surface area contributed by atoms with Gasteiger partial charge in [0.2, 0.25) is 11.8 Å². The van der Waals surface area contributed by atoms with E-state index in [0.29, 0.717) is 42.8 Å². The molecule has 246 valence electrons. The van der Waals surface area contributed by atoms with Gasteiger partial charge in [0.1, 0.15) is 18.0 Å². The van der Waals surface area contributed by atoms with Crippen LogP contribution < -0.4 is 21.7 Å². The molecule has 1 aromatic carbocycles. The summed E-state index contributed by atoms with van der Waals surface area (Å²) in [6.45, 7) is 10.1. The maximum atomic E-state index is 15.9. The Kier molecular flexibility index (Phi) is 10.0. The molecule has 2 amide bonds. The summed E-state index contributed by atoms with van der Waals surface area (Å²) in [6, 6.07) is 2.72. The monoisotopic (exact) mass is 662 g/mol. The number of hydrogen-bond acceptors (Lipinski definition) is 6. The first-order valence-electron chi connectivity index (χ1n) is 16.0. The summed E-state index contributed by atoms with van der Waals surface area (Å²) >= 11 is 12.8. The largest absolute Gasteiger partial charge is 0.461 e. The number of esters is 1. The number of nitrogens with two attached hydrogens (primary N) is 1. The van der Waals surface area contributed by atoms with Gasteiger partial charge >= 0.3 is 5.97 Å². The lowest BCUT2D eigenvalue weighted by Gasteiger charge is -2.44. The molecule has 0 spiro atoms. The third-order valence-corrected chi connectivity index (χ3v) is 10.3. The fourth-order valence-electron chi connectivity index (χ4n) is 7.53. The average Bonchev–Trinajstić information content (AvgIpc) is 3.05. The number of carbonyl (C=O) groups excluding carboxylic acids is 3. The minimum absolute atomic E-state index is 0.0246. The highest BCUT2D eigenvalue weighted by atomic mass is 35.5. The van der Waals surface area contributed by atoms with Gasteiger partial charge in [0, 0.05) is 40.6 Å². The van der Waals surface area contributed by atoms with Crippen LogP contribution in [0.25, 0.3) is 0 Å². The molecule has 3 fully saturated rings. The van der Waals surface area contributed by atoms with Crippen LogP contribution in [0.15, 0.2) is 41.1 Å². The van der Waals surface area contributed by atoms with Gasteiger partial charge < -0.3 is 26.4 Å². The minimum Gasteiger partial charge on any atom is -0.461 e. The summed E-state index contributed by atoms with van der Waals surface area (Å²) in [5.74, 6) is -3.81. The summed E-state index contributed by atoms with van der Waals surface area (Å²) in [5, 5.41) is 10.3. The minimum atomic E-state index is -0.933. The van der Waals surface area contributed by atoms with Crippen LogP contribution in [-0.2, 0) is 19.1 Å². The quantitative estimate of drug-likeness (QED) is 0.294. The molecule has 2 saturated heterocycles. The Hall–Kier alpha value is -2.46. The highest BCUT2D eigenvalue weighted by Gasteiger charge is 2.56. The summed E-state index contributed by atoms with van der Waals surface area (Å²) in [4.78, 5) is 40.6. The van der Waals surface area contributed by atoms with E-state index in [9.17, 15) is 14.4 Å². The maximum absolute atomic E-state index is 15.9. The predicted molar refractivity (Wildman–Crippen MR) is 173 cm³/mol. The van der Waals surface area contributed by atoms with Crippen LogP contribution in [0.5, 0.6) is 0 Å². The van der Waals surface area contributed by atoms with Gasteiger partial charge in [-0.2, -0.15) is 0 Å². The van der Waals surface area contributed by atoms with Crippen molar-refractivity contribution in [2.75, 3.05) is 0 Å². The number of rotatable bonds is 7. The summed E-state index contributed by atoms with van der Waals surface area (Å²) < 4.78 is 21.5. The zero-order valence-electron chi connectivity index (χ0n) is 26.5. The fraction of sp³-hybridized carbons (Fsp3) is 0.618. The molecule has 1 aromatic rings. The van der Waals surface area contributed by atoms with Crippen LogP contribution in [0.4, 0.5) is 4.39 Å². The lowest BCUT2D eigenvalue weighted by Crippen LogP contribution is -2.55. The van der Waals surface area contributed by atoms with E-state index in [4.69, 9.17) is 33.7 Å². The van der Waals surface area contributed by atoms with E-state index in [1.165, 1.54) is 6.07 Å². The van der Waals surface area contributed by atoms with Crippen molar-refractivity contribution in [3.05, 3.63) is 57.5 Å². The second kappa shape index (κ2) is 13.3. The maximum Gasteiger partial charge on any atom is 0.323 e. The van der Waals surface area contributed by atoms with Gasteiger partial charge in [-0.25, -0.2) is 4.39 Å². The molecule has 1 saturated carbocycles. The van der Waals surface area contributed by atoms with Gasteiger partial charge in [0.05, 0.1) is 17.0 Å². The van der Waals surface area contributed by atoms with E-state index in [1.807, 2.05) is 19.9 Å². The van der Waals surface area contributed by atoms with E-state index in [1.54, 1.807) is 18.2 Å². The highest BCUT2D eigenvalue weighted by molar-refractivity contribution is 6.31. The van der Waals surface area contributed by atoms with Gasteiger partial charge in [-0.05, 0) is 61.1 Å². The van der Waals surface area contributed by atoms with E-state index in [2.05, 4.69) is 36.7 Å². The number of nitrogens with one attached hydrogen (secondary N) is 3. The van der Waals surface area contributed by atoms with Crippen molar-refractivity contribution < 1.29 is 23.5 Å². The number of piperidine rings is 1. The molecule has 4 aliphatic rings. The molecule has 45 heavy (non-hydrogen) atoms. The standard InChI is InChI=1S/C34H45Cl2FN4O4/c1-16(2)29(38)33(44)45-19-11-9-18(10-12-19)39-32(43)30-26(20-7-6-8-22(36)28(20)37)27-21-13-17(35)14-23(41-31(27)42)25(21)24(40-30)15-34(3,4)5/h6-8,13-14,16,18-19,21,24-27,29-30,40H,9-12,15,38H2,1-5H3,(H,39,43)(H,41,42)/t18?,19?,21?,24-,25?,26-,27-,29+,30-/m1/s1. The molecule has 2 aliphatic heterocycles. The van der Waals surface area contributed by atoms with Crippen molar-refractivity contribution in [2.45, 2.75) is 103 Å². The number of amides is 2. The van der Waals surface area contributed by atoms with Crippen molar-refractivity contribution in [3.63, 3.8) is 0 Å². The lowest BCUT2D eigenvalue weighted by atomic mass is 9.64. The fourth-order valence-corrected chi connectivity index (χ4v) is 7.98. The summed E-state index contributed by atoms with van der Waals surface area (Å²) in [6.07, 6.45) is 6.50. The van der Waals surface area contributed by atoms with Gasteiger partial charge in [-0.1, -0.05) is 76.0 Å². The number of carbonyl (C=O) groups is 3. The van der Waals surface area contributed by atoms with Crippen LogP contribution in [0.3, 0.4) is 0 Å². The molecule has 4 bridgehead atoms. The third-order valence-electron chi connectivity index (χ3n) is 9.73. The molecule has 8 nitrogen and oxygen atoms in total. The molecular weight excluding hydrogens is 618 g/mol. The van der Waals surface area contributed by atoms with Crippen molar-refractivity contribution in [1.82, 2.24) is 16.0 Å². The summed E-state index contributed by atoms with van der Waals surface area (Å²) in [7, 11) is 0. The highest BCUT2D eigenvalue weighted by Crippen LogP contribution is 2.51. The average molecular weight is 664 g/mol. The molecule has 0 radical (unpaired) electrons. The Morgan fingerprint density at radius 2 is 1.80 bits per heavy atom. The Morgan fingerprint density at radius 3 is 2.44 bits per heavy atom. The Balaban J connectivity index is 1.46. The number of halogens is 3. The van der Waals surface area contributed by atoms with Crippen LogP contribution in [0.1, 0.15) is 78.2 Å². The topological polar surface area (TPSA) is 123 Å². The van der Waals surface area contributed by atoms with Crippen molar-refractivity contribution >= 4 is 41.0 Å². The van der Waals surface area contributed by atoms with E-state index in [-0.39, 0.29) is 63.8 Å². The van der Waals surface area contributed by atoms with E-state index >= 15 is 4.39 Å². The van der Waals surface area contributed by atoms with Gasteiger partial charge in [0.15, 0.2) is 0 Å². The first kappa shape index (κ1) is 33.9. The number of ether oxygens (including phenoxy) is 1. The zero-order chi connectivity index (χ0) is 32.8. The van der Waals surface area contributed by atoms with E-state index in [0.717, 1.165) is 0 Å². The Bertz CT molecular complexity index is 1380. The molecular formula is C34H45Cl2FN4O4. The first-order chi connectivity index (χ1) is 21.1. The van der Waals surface area contributed by atoms with Crippen molar-refractivity contribution in [3.8, 4) is 0 Å². The van der Waals surface area contributed by atoms with Crippen LogP contribution in [0, 0.1) is 34.9 Å². The molecule has 7 atom stereocenters. The molecule has 2 heterocycles.